The zero-order chi connectivity index (χ0) is 11.6. The Hall–Kier alpha value is -1.59. The van der Waals surface area contributed by atoms with Gasteiger partial charge in [0.25, 0.3) is 0 Å². The number of hydrogen-bond donors (Lipinski definition) is 2. The number of carboxylic acid groups (broad SMARTS) is 1. The summed E-state index contributed by atoms with van der Waals surface area (Å²) >= 11 is 0. The van der Waals surface area contributed by atoms with Crippen LogP contribution in [0.4, 0.5) is 0 Å². The second-order valence-electron chi connectivity index (χ2n) is 4.40. The fourth-order valence-corrected chi connectivity index (χ4v) is 1.05. The Morgan fingerprint density at radius 1 is 1.53 bits per heavy atom. The molecule has 6 heteroatoms. The topological polar surface area (TPSA) is 88.0 Å². The van der Waals surface area contributed by atoms with Gasteiger partial charge in [0.1, 0.15) is 5.82 Å². The number of carboxylic acids is 1. The first-order valence-corrected chi connectivity index (χ1v) is 4.70. The van der Waals surface area contributed by atoms with Crippen LogP contribution in [0.25, 0.3) is 0 Å². The van der Waals surface area contributed by atoms with Gasteiger partial charge in [-0.1, -0.05) is 20.8 Å². The van der Waals surface area contributed by atoms with Crippen molar-refractivity contribution in [3.8, 4) is 0 Å². The first-order valence-electron chi connectivity index (χ1n) is 4.70. The lowest BCUT2D eigenvalue weighted by Crippen LogP contribution is -2.19. The van der Waals surface area contributed by atoms with Gasteiger partial charge in [0.2, 0.25) is 0 Å². The van der Waals surface area contributed by atoms with Crippen LogP contribution in [-0.4, -0.2) is 25.8 Å². The van der Waals surface area contributed by atoms with E-state index in [2.05, 4.69) is 10.1 Å². The molecule has 0 atom stereocenters. The normalized spacial score (nSPS) is 11.7. The number of aromatic nitrogens is 3. The predicted molar refractivity (Wildman–Crippen MR) is 53.8 cm³/mol. The molecular weight excluding hydrogens is 198 g/mol. The minimum Gasteiger partial charge on any atom is -0.481 e. The molecule has 0 radical (unpaired) electrons. The Labute approximate surface area is 86.9 Å². The Balaban J connectivity index is 2.88. The zero-order valence-electron chi connectivity index (χ0n) is 9.07. The molecule has 0 fully saturated rings. The minimum absolute atomic E-state index is 0.0980. The van der Waals surface area contributed by atoms with Gasteiger partial charge in [0.15, 0.2) is 0 Å². The van der Waals surface area contributed by atoms with Gasteiger partial charge in [-0.05, 0) is 0 Å². The first-order chi connectivity index (χ1) is 6.80. The standard InChI is InChI=1S/C9H15N3O3/c1-9(2,3)7-10-8(15)12(11-7)5-4-6(13)14/h4-5H2,1-3H3,(H,13,14)(H,10,11,15). The zero-order valence-corrected chi connectivity index (χ0v) is 9.07. The molecule has 1 rings (SSSR count). The molecule has 0 saturated carbocycles. The molecule has 6 nitrogen and oxygen atoms in total. The quantitative estimate of drug-likeness (QED) is 0.758. The number of aryl methyl sites for hydroxylation is 1. The summed E-state index contributed by atoms with van der Waals surface area (Å²) in [5.41, 5.74) is -0.602. The van der Waals surface area contributed by atoms with Crippen molar-refractivity contribution < 1.29 is 9.90 Å². The van der Waals surface area contributed by atoms with Gasteiger partial charge in [0.05, 0.1) is 13.0 Å². The fraction of sp³-hybridized carbons (Fsp3) is 0.667. The van der Waals surface area contributed by atoms with E-state index in [0.717, 1.165) is 4.68 Å². The number of nitrogens with one attached hydrogen (secondary N) is 1. The minimum atomic E-state index is -0.942. The predicted octanol–water partition coefficient (Wildman–Crippen LogP) is 0.344. The Kier molecular flexibility index (Phi) is 2.97. The molecule has 0 unspecified atom stereocenters. The maximum atomic E-state index is 11.4. The van der Waals surface area contributed by atoms with E-state index in [1.54, 1.807) is 0 Å². The molecule has 0 saturated heterocycles. The monoisotopic (exact) mass is 213 g/mol. The lowest BCUT2D eigenvalue weighted by atomic mass is 9.96. The number of aromatic amines is 1. The van der Waals surface area contributed by atoms with Crippen LogP contribution in [-0.2, 0) is 16.8 Å². The van der Waals surface area contributed by atoms with Crippen LogP contribution in [0, 0.1) is 0 Å². The summed E-state index contributed by atoms with van der Waals surface area (Å²) < 4.78 is 1.15. The lowest BCUT2D eigenvalue weighted by molar-refractivity contribution is -0.137. The maximum Gasteiger partial charge on any atom is 0.343 e. The van der Waals surface area contributed by atoms with E-state index >= 15 is 0 Å². The molecule has 0 spiro atoms. The molecule has 0 aromatic carbocycles. The third-order valence-corrected chi connectivity index (χ3v) is 1.93. The smallest absolute Gasteiger partial charge is 0.343 e. The highest BCUT2D eigenvalue weighted by Gasteiger charge is 2.19. The number of hydrogen-bond acceptors (Lipinski definition) is 3. The summed E-state index contributed by atoms with van der Waals surface area (Å²) in [4.78, 5) is 24.3. The fourth-order valence-electron chi connectivity index (χ4n) is 1.05. The van der Waals surface area contributed by atoms with Crippen molar-refractivity contribution in [3.05, 3.63) is 16.3 Å². The molecule has 0 aliphatic rings. The third kappa shape index (κ3) is 2.93. The Morgan fingerprint density at radius 3 is 2.53 bits per heavy atom. The summed E-state index contributed by atoms with van der Waals surface area (Å²) in [5, 5.41) is 12.5. The summed E-state index contributed by atoms with van der Waals surface area (Å²) in [6, 6.07) is 0. The molecule has 2 N–H and O–H groups in total. The largest absolute Gasteiger partial charge is 0.481 e. The molecule has 1 aromatic heterocycles. The molecule has 0 aliphatic carbocycles. The van der Waals surface area contributed by atoms with Crippen molar-refractivity contribution in [1.29, 1.82) is 0 Å². The highest BCUT2D eigenvalue weighted by molar-refractivity contribution is 5.66. The maximum absolute atomic E-state index is 11.4. The Morgan fingerprint density at radius 2 is 2.13 bits per heavy atom. The average molecular weight is 213 g/mol. The number of H-pyrrole nitrogens is 1. The average Bonchev–Trinajstić information content (AvgIpc) is 2.42. The number of rotatable bonds is 3. The molecule has 15 heavy (non-hydrogen) atoms. The number of carbonyl (C=O) groups is 1. The van der Waals surface area contributed by atoms with Crippen LogP contribution in [0.5, 0.6) is 0 Å². The van der Waals surface area contributed by atoms with Gasteiger partial charge < -0.3 is 5.11 Å². The molecule has 1 heterocycles. The molecule has 1 aromatic rings. The molecular formula is C9H15N3O3. The second-order valence-corrected chi connectivity index (χ2v) is 4.40. The Bertz CT molecular complexity index is 411. The van der Waals surface area contributed by atoms with Crippen molar-refractivity contribution in [2.75, 3.05) is 0 Å². The van der Waals surface area contributed by atoms with Crippen LogP contribution < -0.4 is 5.69 Å². The van der Waals surface area contributed by atoms with Gasteiger partial charge in [-0.15, -0.1) is 0 Å². The molecule has 0 bridgehead atoms. The van der Waals surface area contributed by atoms with E-state index in [9.17, 15) is 9.59 Å². The van der Waals surface area contributed by atoms with E-state index in [1.165, 1.54) is 0 Å². The van der Waals surface area contributed by atoms with Crippen molar-refractivity contribution in [2.45, 2.75) is 39.2 Å². The van der Waals surface area contributed by atoms with Crippen molar-refractivity contribution in [3.63, 3.8) is 0 Å². The van der Waals surface area contributed by atoms with Crippen LogP contribution in [0.2, 0.25) is 0 Å². The summed E-state index contributed by atoms with van der Waals surface area (Å²) in [6.07, 6.45) is -0.103. The van der Waals surface area contributed by atoms with Crippen LogP contribution >= 0.6 is 0 Å². The van der Waals surface area contributed by atoms with Gasteiger partial charge in [-0.2, -0.15) is 5.10 Å². The third-order valence-electron chi connectivity index (χ3n) is 1.93. The number of nitrogens with zero attached hydrogens (tertiary/aromatic N) is 2. The van der Waals surface area contributed by atoms with E-state index in [-0.39, 0.29) is 24.1 Å². The second kappa shape index (κ2) is 3.88. The molecule has 0 aliphatic heterocycles. The highest BCUT2D eigenvalue weighted by Crippen LogP contribution is 2.15. The summed E-state index contributed by atoms with van der Waals surface area (Å²) in [7, 11) is 0. The van der Waals surface area contributed by atoms with Gasteiger partial charge in [0, 0.05) is 5.41 Å². The van der Waals surface area contributed by atoms with E-state index in [4.69, 9.17) is 5.11 Å². The van der Waals surface area contributed by atoms with Crippen molar-refractivity contribution >= 4 is 5.97 Å². The highest BCUT2D eigenvalue weighted by atomic mass is 16.4. The van der Waals surface area contributed by atoms with E-state index < -0.39 is 5.97 Å². The van der Waals surface area contributed by atoms with E-state index in [0.29, 0.717) is 5.82 Å². The van der Waals surface area contributed by atoms with E-state index in [1.807, 2.05) is 20.8 Å². The first kappa shape index (κ1) is 11.5. The van der Waals surface area contributed by atoms with Crippen molar-refractivity contribution in [1.82, 2.24) is 14.8 Å². The van der Waals surface area contributed by atoms with Crippen molar-refractivity contribution in [2.24, 2.45) is 0 Å². The van der Waals surface area contributed by atoms with Crippen LogP contribution in [0.15, 0.2) is 4.79 Å². The van der Waals surface area contributed by atoms with Gasteiger partial charge in [-0.3, -0.25) is 9.78 Å². The van der Waals surface area contributed by atoms with Gasteiger partial charge in [-0.25, -0.2) is 9.48 Å². The molecule has 0 amide bonds. The lowest BCUT2D eigenvalue weighted by Gasteiger charge is -2.12. The van der Waals surface area contributed by atoms with Gasteiger partial charge >= 0.3 is 11.7 Å². The summed E-state index contributed by atoms with van der Waals surface area (Å²) in [5.74, 6) is -0.375. The van der Waals surface area contributed by atoms with Crippen LogP contribution in [0.3, 0.4) is 0 Å². The SMILES string of the molecule is CC(C)(C)c1nn(CCC(=O)O)c(=O)[nH]1. The van der Waals surface area contributed by atoms with Crippen LogP contribution in [0.1, 0.15) is 33.0 Å². The summed E-state index contributed by atoms with van der Waals surface area (Å²) in [6.45, 7) is 5.87. The molecule has 84 valence electrons. The number of aliphatic carboxylic acids is 1.